The highest BCUT2D eigenvalue weighted by Crippen LogP contribution is 2.28. The van der Waals surface area contributed by atoms with Crippen LogP contribution in [-0.4, -0.2) is 85.5 Å². The quantitative estimate of drug-likeness (QED) is 0.779. The van der Waals surface area contributed by atoms with Crippen molar-refractivity contribution in [1.82, 2.24) is 20.2 Å². The smallest absolute Gasteiger partial charge is 0.251 e. The minimum absolute atomic E-state index is 0.127. The van der Waals surface area contributed by atoms with Crippen molar-refractivity contribution in [3.05, 3.63) is 30.1 Å². The number of carbonyl (C=O) groups is 1. The van der Waals surface area contributed by atoms with Gasteiger partial charge in [-0.25, -0.2) is 0 Å². The number of nitrogens with one attached hydrogen (secondary N) is 1. The van der Waals surface area contributed by atoms with Crippen LogP contribution in [0.5, 0.6) is 0 Å². The highest BCUT2D eigenvalue weighted by atomic mass is 16.5. The van der Waals surface area contributed by atoms with Crippen LogP contribution in [0, 0.1) is 11.3 Å². The second-order valence-electron chi connectivity index (χ2n) is 7.79. The Bertz CT molecular complexity index is 961. The molecule has 2 aliphatic heterocycles. The topological polar surface area (TPSA) is 104 Å². The van der Waals surface area contributed by atoms with Crippen molar-refractivity contribution >= 4 is 22.6 Å². The van der Waals surface area contributed by atoms with Crippen LogP contribution in [-0.2, 0) is 14.3 Å². The van der Waals surface area contributed by atoms with Gasteiger partial charge in [-0.2, -0.15) is 5.26 Å². The van der Waals surface area contributed by atoms with E-state index in [1.807, 2.05) is 20.0 Å². The molecule has 158 valence electrons. The predicted molar refractivity (Wildman–Crippen MR) is 111 cm³/mol. The Labute approximate surface area is 175 Å². The van der Waals surface area contributed by atoms with Gasteiger partial charge in [-0.15, -0.1) is 0 Å². The molecular formula is C21H26N6O3. The summed E-state index contributed by atoms with van der Waals surface area (Å²) in [5.74, 6) is -0.130. The van der Waals surface area contributed by atoms with Crippen LogP contribution in [0.1, 0.15) is 12.5 Å². The van der Waals surface area contributed by atoms with Crippen LogP contribution in [0.25, 0.3) is 11.0 Å². The van der Waals surface area contributed by atoms with Crippen LogP contribution in [0.2, 0.25) is 0 Å². The second-order valence-corrected chi connectivity index (χ2v) is 7.79. The molecule has 0 spiro atoms. The van der Waals surface area contributed by atoms with Gasteiger partial charge in [0.25, 0.3) is 5.91 Å². The molecule has 30 heavy (non-hydrogen) atoms. The first-order chi connectivity index (χ1) is 14.6. The summed E-state index contributed by atoms with van der Waals surface area (Å²) in [6.45, 7) is 5.70. The molecule has 2 aliphatic rings. The number of nitrogens with zero attached hydrogens (tertiary/aromatic N) is 5. The monoisotopic (exact) mass is 410 g/mol. The lowest BCUT2D eigenvalue weighted by Crippen LogP contribution is -2.55. The van der Waals surface area contributed by atoms with E-state index in [4.69, 9.17) is 9.47 Å². The third-order valence-corrected chi connectivity index (χ3v) is 5.65. The molecule has 9 nitrogen and oxygen atoms in total. The number of morpholine rings is 2. The molecule has 1 aromatic heterocycles. The number of ether oxygens (including phenoxy) is 2. The number of benzene rings is 1. The third kappa shape index (κ3) is 4.21. The fourth-order valence-electron chi connectivity index (χ4n) is 3.97. The Morgan fingerprint density at radius 3 is 2.87 bits per heavy atom. The Hall–Kier alpha value is -2.80. The molecule has 0 saturated carbocycles. The van der Waals surface area contributed by atoms with E-state index in [0.29, 0.717) is 42.8 Å². The van der Waals surface area contributed by atoms with E-state index in [0.717, 1.165) is 18.8 Å². The summed E-state index contributed by atoms with van der Waals surface area (Å²) in [6.07, 6.45) is 2.48. The summed E-state index contributed by atoms with van der Waals surface area (Å²) >= 11 is 0. The van der Waals surface area contributed by atoms with Crippen LogP contribution >= 0.6 is 0 Å². The number of rotatable bonds is 4. The van der Waals surface area contributed by atoms with Gasteiger partial charge in [-0.05, 0) is 26.1 Å². The fraction of sp³-hybridized carbons (Fsp3) is 0.524. The SMILES string of the molecule is C[C@@H]1CN(c2ccc(C#N)c3nccnc23)C[C@H](C(=O)NC[C@H]2COCCN2C)O1. The first-order valence-corrected chi connectivity index (χ1v) is 10.2. The minimum atomic E-state index is -0.592. The van der Waals surface area contributed by atoms with E-state index < -0.39 is 6.10 Å². The molecule has 0 aliphatic carbocycles. The molecule has 9 heteroatoms. The molecule has 4 rings (SSSR count). The van der Waals surface area contributed by atoms with Gasteiger partial charge >= 0.3 is 0 Å². The summed E-state index contributed by atoms with van der Waals surface area (Å²) in [6, 6.07) is 5.95. The van der Waals surface area contributed by atoms with Gasteiger partial charge in [-0.3, -0.25) is 19.7 Å². The third-order valence-electron chi connectivity index (χ3n) is 5.65. The first kappa shape index (κ1) is 20.5. The molecule has 1 aromatic carbocycles. The van der Waals surface area contributed by atoms with Crippen LogP contribution < -0.4 is 10.2 Å². The number of amides is 1. The molecule has 0 radical (unpaired) electrons. The average Bonchev–Trinajstić information content (AvgIpc) is 2.77. The van der Waals surface area contributed by atoms with Crippen molar-refractivity contribution in [3.8, 4) is 6.07 Å². The van der Waals surface area contributed by atoms with E-state index in [1.54, 1.807) is 18.5 Å². The van der Waals surface area contributed by atoms with E-state index in [-0.39, 0.29) is 18.1 Å². The molecule has 0 bridgehead atoms. The fourth-order valence-corrected chi connectivity index (χ4v) is 3.97. The highest BCUT2D eigenvalue weighted by Gasteiger charge is 2.32. The lowest BCUT2D eigenvalue weighted by Gasteiger charge is -2.38. The van der Waals surface area contributed by atoms with E-state index in [1.165, 1.54) is 0 Å². The van der Waals surface area contributed by atoms with Crippen LogP contribution in [0.3, 0.4) is 0 Å². The van der Waals surface area contributed by atoms with Gasteiger partial charge < -0.3 is 19.7 Å². The summed E-state index contributed by atoms with van der Waals surface area (Å²) in [4.78, 5) is 25.9. The van der Waals surface area contributed by atoms with Crippen LogP contribution in [0.15, 0.2) is 24.5 Å². The molecule has 1 amide bonds. The van der Waals surface area contributed by atoms with Gasteiger partial charge in [0.2, 0.25) is 0 Å². The van der Waals surface area contributed by atoms with Crippen molar-refractivity contribution in [2.45, 2.75) is 25.2 Å². The summed E-state index contributed by atoms with van der Waals surface area (Å²) in [7, 11) is 2.04. The number of anilines is 1. The standard InChI is InChI=1S/C21H26N6O3/c1-14-11-27(17-4-3-15(9-22)19-20(17)24-6-5-23-19)12-18(30-14)21(28)25-10-16-13-29-8-7-26(16)2/h3-6,14,16,18H,7-8,10-13H2,1-2H3,(H,25,28)/t14-,16+,18-/m1/s1. The number of hydrogen-bond acceptors (Lipinski definition) is 8. The molecule has 2 saturated heterocycles. The van der Waals surface area contributed by atoms with Gasteiger partial charge in [0.1, 0.15) is 17.1 Å². The Kier molecular flexibility index (Phi) is 6.08. The predicted octanol–water partition coefficient (Wildman–Crippen LogP) is 0.542. The molecule has 3 atom stereocenters. The zero-order chi connectivity index (χ0) is 21.1. The zero-order valence-corrected chi connectivity index (χ0v) is 17.2. The number of nitriles is 1. The summed E-state index contributed by atoms with van der Waals surface area (Å²) in [5, 5.41) is 12.4. The van der Waals surface area contributed by atoms with Crippen molar-refractivity contribution in [2.24, 2.45) is 0 Å². The summed E-state index contributed by atoms with van der Waals surface area (Å²) < 4.78 is 11.5. The maximum atomic E-state index is 12.8. The minimum Gasteiger partial charge on any atom is -0.378 e. The van der Waals surface area contributed by atoms with Crippen LogP contribution in [0.4, 0.5) is 5.69 Å². The molecule has 2 aromatic rings. The highest BCUT2D eigenvalue weighted by molar-refractivity contribution is 5.92. The molecular weight excluding hydrogens is 384 g/mol. The van der Waals surface area contributed by atoms with Gasteiger partial charge in [0.05, 0.1) is 43.2 Å². The molecule has 0 unspecified atom stereocenters. The number of aromatic nitrogens is 2. The lowest BCUT2D eigenvalue weighted by molar-refractivity contribution is -0.137. The average molecular weight is 410 g/mol. The van der Waals surface area contributed by atoms with E-state index in [2.05, 4.69) is 31.2 Å². The number of fused-ring (bicyclic) bond motifs is 1. The van der Waals surface area contributed by atoms with Crippen molar-refractivity contribution in [3.63, 3.8) is 0 Å². The van der Waals surface area contributed by atoms with Gasteiger partial charge in [-0.1, -0.05) is 0 Å². The zero-order valence-electron chi connectivity index (χ0n) is 17.2. The summed E-state index contributed by atoms with van der Waals surface area (Å²) in [5.41, 5.74) is 2.56. The molecule has 3 heterocycles. The largest absolute Gasteiger partial charge is 0.378 e. The van der Waals surface area contributed by atoms with Crippen molar-refractivity contribution < 1.29 is 14.3 Å². The van der Waals surface area contributed by atoms with E-state index in [9.17, 15) is 10.1 Å². The first-order valence-electron chi connectivity index (χ1n) is 10.2. The maximum Gasteiger partial charge on any atom is 0.251 e. The van der Waals surface area contributed by atoms with Gasteiger partial charge in [0.15, 0.2) is 6.10 Å². The maximum absolute atomic E-state index is 12.8. The Morgan fingerprint density at radius 1 is 1.30 bits per heavy atom. The van der Waals surface area contributed by atoms with Crippen molar-refractivity contribution in [2.75, 3.05) is 51.3 Å². The normalized spacial score (nSPS) is 25.1. The molecule has 1 N–H and O–H groups in total. The number of likely N-dealkylation sites (N-methyl/N-ethyl adjacent to an activating group) is 1. The Morgan fingerprint density at radius 2 is 2.10 bits per heavy atom. The Balaban J connectivity index is 1.49. The van der Waals surface area contributed by atoms with E-state index >= 15 is 0 Å². The van der Waals surface area contributed by atoms with Crippen molar-refractivity contribution in [1.29, 1.82) is 5.26 Å². The number of hydrogen-bond donors (Lipinski definition) is 1. The number of carbonyl (C=O) groups excluding carboxylic acids is 1. The molecule has 2 fully saturated rings. The second kappa shape index (κ2) is 8.92. The van der Waals surface area contributed by atoms with Gasteiger partial charge in [0, 0.05) is 32.0 Å². The lowest BCUT2D eigenvalue weighted by atomic mass is 10.1.